The highest BCUT2D eigenvalue weighted by Gasteiger charge is 2.17. The second-order valence-corrected chi connectivity index (χ2v) is 5.80. The molecule has 24 heavy (non-hydrogen) atoms. The van der Waals surface area contributed by atoms with Gasteiger partial charge in [0.2, 0.25) is 0 Å². The van der Waals surface area contributed by atoms with Crippen LogP contribution in [0.15, 0.2) is 60.7 Å². The lowest BCUT2D eigenvalue weighted by molar-refractivity contribution is -0.109. The third-order valence-corrected chi connectivity index (χ3v) is 3.90. The number of nitrogens with zero attached hydrogens (tertiary/aromatic N) is 1. The summed E-state index contributed by atoms with van der Waals surface area (Å²) in [4.78, 5) is 28.2. The Bertz CT molecular complexity index is 881. The summed E-state index contributed by atoms with van der Waals surface area (Å²) in [5.41, 5.74) is 2.03. The minimum Gasteiger partial charge on any atom is -0.342 e. The van der Waals surface area contributed by atoms with Crippen molar-refractivity contribution in [3.63, 3.8) is 0 Å². The number of rotatable bonds is 5. The zero-order valence-corrected chi connectivity index (χ0v) is 13.5. The van der Waals surface area contributed by atoms with E-state index < -0.39 is 6.04 Å². The maximum absolute atomic E-state index is 12.6. The number of hydrogen-bond acceptors (Lipinski definition) is 3. The summed E-state index contributed by atoms with van der Waals surface area (Å²) in [5.74, 6) is -0.344. The van der Waals surface area contributed by atoms with E-state index in [-0.39, 0.29) is 11.1 Å². The van der Waals surface area contributed by atoms with Crippen molar-refractivity contribution in [2.45, 2.75) is 12.5 Å². The van der Waals surface area contributed by atoms with E-state index in [2.05, 4.69) is 10.3 Å². The number of aldehydes is 1. The lowest BCUT2D eigenvalue weighted by atomic mass is 10.1. The Kier molecular flexibility index (Phi) is 4.87. The van der Waals surface area contributed by atoms with Gasteiger partial charge in [0, 0.05) is 5.39 Å². The lowest BCUT2D eigenvalue weighted by Gasteiger charge is -2.14. The van der Waals surface area contributed by atoms with Crippen LogP contribution >= 0.6 is 11.6 Å². The normalized spacial score (nSPS) is 11.9. The van der Waals surface area contributed by atoms with E-state index >= 15 is 0 Å². The van der Waals surface area contributed by atoms with Gasteiger partial charge in [0.25, 0.3) is 5.91 Å². The van der Waals surface area contributed by atoms with E-state index in [4.69, 9.17) is 11.6 Å². The van der Waals surface area contributed by atoms with E-state index in [9.17, 15) is 9.59 Å². The van der Waals surface area contributed by atoms with Gasteiger partial charge in [0.05, 0.1) is 17.1 Å². The third-order valence-electron chi connectivity index (χ3n) is 3.71. The number of carbonyl (C=O) groups excluding carboxylic acids is 2. The highest BCUT2D eigenvalue weighted by atomic mass is 35.5. The second-order valence-electron chi connectivity index (χ2n) is 5.42. The molecule has 120 valence electrons. The SMILES string of the molecule is O=CC(Cc1ccccc1)NC(=O)c1cc(Cl)nc2ccccc12. The van der Waals surface area contributed by atoms with Crippen molar-refractivity contribution < 1.29 is 9.59 Å². The fourth-order valence-electron chi connectivity index (χ4n) is 2.58. The molecular formula is C19H15ClN2O2. The van der Waals surface area contributed by atoms with E-state index in [0.29, 0.717) is 22.9 Å². The standard InChI is InChI=1S/C19H15ClN2O2/c20-18-11-16(15-8-4-5-9-17(15)22-18)19(24)21-14(12-23)10-13-6-2-1-3-7-13/h1-9,11-12,14H,10H2,(H,21,24). The van der Waals surface area contributed by atoms with Gasteiger partial charge in [-0.2, -0.15) is 0 Å². The summed E-state index contributed by atoms with van der Waals surface area (Å²) in [6.45, 7) is 0. The summed E-state index contributed by atoms with van der Waals surface area (Å²) in [7, 11) is 0. The topological polar surface area (TPSA) is 59.1 Å². The molecule has 1 atom stereocenters. The number of carbonyl (C=O) groups is 2. The number of aromatic nitrogens is 1. The number of benzene rings is 2. The van der Waals surface area contributed by atoms with Crippen LogP contribution in [0.4, 0.5) is 0 Å². The van der Waals surface area contributed by atoms with E-state index in [0.717, 1.165) is 11.8 Å². The van der Waals surface area contributed by atoms with Gasteiger partial charge in [0.15, 0.2) is 0 Å². The van der Waals surface area contributed by atoms with Crippen molar-refractivity contribution in [2.24, 2.45) is 0 Å². The maximum atomic E-state index is 12.6. The van der Waals surface area contributed by atoms with Crippen LogP contribution in [0.2, 0.25) is 5.15 Å². The molecule has 3 aromatic rings. The van der Waals surface area contributed by atoms with Gasteiger partial charge >= 0.3 is 0 Å². The molecule has 0 fully saturated rings. The highest BCUT2D eigenvalue weighted by molar-refractivity contribution is 6.30. The molecule has 5 heteroatoms. The molecular weight excluding hydrogens is 324 g/mol. The average Bonchev–Trinajstić information content (AvgIpc) is 2.61. The Balaban J connectivity index is 1.85. The fourth-order valence-corrected chi connectivity index (χ4v) is 2.78. The molecule has 0 saturated carbocycles. The Labute approximate surface area is 144 Å². The molecule has 0 radical (unpaired) electrons. The second kappa shape index (κ2) is 7.23. The largest absolute Gasteiger partial charge is 0.342 e. The summed E-state index contributed by atoms with van der Waals surface area (Å²) in [6.07, 6.45) is 1.18. The van der Waals surface area contributed by atoms with Gasteiger partial charge < -0.3 is 10.1 Å². The molecule has 1 amide bonds. The molecule has 0 spiro atoms. The zero-order chi connectivity index (χ0) is 16.9. The lowest BCUT2D eigenvalue weighted by Crippen LogP contribution is -2.37. The van der Waals surface area contributed by atoms with Gasteiger partial charge in [-0.05, 0) is 24.1 Å². The van der Waals surface area contributed by atoms with E-state index in [1.165, 1.54) is 6.07 Å². The first-order chi connectivity index (χ1) is 11.7. The Hall–Kier alpha value is -2.72. The molecule has 3 rings (SSSR count). The predicted molar refractivity (Wildman–Crippen MR) is 94.2 cm³/mol. The van der Waals surface area contributed by atoms with Crippen LogP contribution in [0.25, 0.3) is 10.9 Å². The van der Waals surface area contributed by atoms with Crippen LogP contribution < -0.4 is 5.32 Å². The van der Waals surface area contributed by atoms with Crippen LogP contribution in [-0.4, -0.2) is 23.2 Å². The summed E-state index contributed by atoms with van der Waals surface area (Å²) < 4.78 is 0. The van der Waals surface area contributed by atoms with E-state index in [1.54, 1.807) is 12.1 Å². The van der Waals surface area contributed by atoms with Crippen molar-refractivity contribution in [1.29, 1.82) is 0 Å². The van der Waals surface area contributed by atoms with Crippen LogP contribution in [0.3, 0.4) is 0 Å². The number of nitrogens with one attached hydrogen (secondary N) is 1. The van der Waals surface area contributed by atoms with E-state index in [1.807, 2.05) is 42.5 Å². The molecule has 4 nitrogen and oxygen atoms in total. The summed E-state index contributed by atoms with van der Waals surface area (Å²) in [6, 6.07) is 17.7. The molecule has 1 unspecified atom stereocenters. The molecule has 0 aliphatic heterocycles. The summed E-state index contributed by atoms with van der Waals surface area (Å²) in [5, 5.41) is 3.70. The molecule has 2 aromatic carbocycles. The monoisotopic (exact) mass is 338 g/mol. The van der Waals surface area contributed by atoms with Gasteiger partial charge in [-0.3, -0.25) is 4.79 Å². The van der Waals surface area contributed by atoms with Crippen LogP contribution in [0.5, 0.6) is 0 Å². The van der Waals surface area contributed by atoms with Crippen molar-refractivity contribution in [2.75, 3.05) is 0 Å². The predicted octanol–water partition coefficient (Wildman–Crippen LogP) is 3.43. The molecule has 0 bridgehead atoms. The molecule has 0 aliphatic carbocycles. The van der Waals surface area contributed by atoms with Crippen molar-refractivity contribution in [1.82, 2.24) is 10.3 Å². The van der Waals surface area contributed by atoms with Gasteiger partial charge in [0.1, 0.15) is 11.4 Å². The van der Waals surface area contributed by atoms with Crippen molar-refractivity contribution in [3.05, 3.63) is 76.9 Å². The van der Waals surface area contributed by atoms with Gasteiger partial charge in [-0.15, -0.1) is 0 Å². The number of para-hydroxylation sites is 1. The zero-order valence-electron chi connectivity index (χ0n) is 12.8. The van der Waals surface area contributed by atoms with Crippen molar-refractivity contribution >= 4 is 34.7 Å². The number of halogens is 1. The van der Waals surface area contributed by atoms with Crippen LogP contribution in [0.1, 0.15) is 15.9 Å². The van der Waals surface area contributed by atoms with Crippen LogP contribution in [0, 0.1) is 0 Å². The quantitative estimate of drug-likeness (QED) is 0.572. The number of hydrogen-bond donors (Lipinski definition) is 1. The Morgan fingerprint density at radius 3 is 2.58 bits per heavy atom. The number of fused-ring (bicyclic) bond motifs is 1. The minimum absolute atomic E-state index is 0.240. The molecule has 0 saturated heterocycles. The molecule has 1 aromatic heterocycles. The number of amides is 1. The fraction of sp³-hybridized carbons (Fsp3) is 0.105. The smallest absolute Gasteiger partial charge is 0.252 e. The van der Waals surface area contributed by atoms with Crippen molar-refractivity contribution in [3.8, 4) is 0 Å². The summed E-state index contributed by atoms with van der Waals surface area (Å²) >= 11 is 6.01. The molecule has 1 N–H and O–H groups in total. The first kappa shape index (κ1) is 16.1. The van der Waals surface area contributed by atoms with Gasteiger partial charge in [-0.1, -0.05) is 60.1 Å². The third kappa shape index (κ3) is 3.60. The first-order valence-corrected chi connectivity index (χ1v) is 7.90. The maximum Gasteiger partial charge on any atom is 0.252 e. The minimum atomic E-state index is -0.606. The number of pyridine rings is 1. The average molecular weight is 339 g/mol. The Morgan fingerprint density at radius 2 is 1.83 bits per heavy atom. The molecule has 1 heterocycles. The molecule has 0 aliphatic rings. The van der Waals surface area contributed by atoms with Gasteiger partial charge in [-0.25, -0.2) is 4.98 Å². The first-order valence-electron chi connectivity index (χ1n) is 7.53. The highest BCUT2D eigenvalue weighted by Crippen LogP contribution is 2.21. The van der Waals surface area contributed by atoms with Crippen LogP contribution in [-0.2, 0) is 11.2 Å². The Morgan fingerprint density at radius 1 is 1.12 bits per heavy atom.